The molecule has 1 aliphatic rings. The first kappa shape index (κ1) is 15.5. The fourth-order valence-corrected chi connectivity index (χ4v) is 2.02. The zero-order valence-corrected chi connectivity index (χ0v) is 11.6. The van der Waals surface area contributed by atoms with E-state index in [1.54, 1.807) is 12.3 Å². The number of halogens is 4. The molecule has 0 saturated heterocycles. The first-order valence-electron chi connectivity index (χ1n) is 6.02. The fraction of sp³-hybridized carbons (Fsp3) is 0.231. The van der Waals surface area contributed by atoms with Gasteiger partial charge < -0.3 is 10.6 Å². The summed E-state index contributed by atoms with van der Waals surface area (Å²) in [7, 11) is 0. The second-order valence-corrected chi connectivity index (χ2v) is 4.47. The van der Waals surface area contributed by atoms with Crippen LogP contribution in [0.5, 0.6) is 0 Å². The van der Waals surface area contributed by atoms with Crippen molar-refractivity contribution in [3.63, 3.8) is 0 Å². The molecule has 0 spiro atoms. The summed E-state index contributed by atoms with van der Waals surface area (Å²) in [5, 5.41) is 5.92. The predicted molar refractivity (Wildman–Crippen MR) is 74.6 cm³/mol. The highest BCUT2D eigenvalue weighted by atomic mass is 35.5. The van der Waals surface area contributed by atoms with Gasteiger partial charge in [0.15, 0.2) is 0 Å². The lowest BCUT2D eigenvalue weighted by atomic mass is 10.2. The van der Waals surface area contributed by atoms with Gasteiger partial charge in [0, 0.05) is 30.5 Å². The Bertz CT molecular complexity index is 646. The molecule has 8 heteroatoms. The van der Waals surface area contributed by atoms with Gasteiger partial charge in [-0.15, -0.1) is 12.4 Å². The lowest BCUT2D eigenvalue weighted by molar-refractivity contribution is -0.137. The van der Waals surface area contributed by atoms with Crippen LogP contribution in [0.15, 0.2) is 30.5 Å². The van der Waals surface area contributed by atoms with Crippen molar-refractivity contribution >= 4 is 24.0 Å². The Labute approximate surface area is 125 Å². The molecule has 2 aromatic rings. The second kappa shape index (κ2) is 5.87. The van der Waals surface area contributed by atoms with Crippen LogP contribution in [-0.4, -0.2) is 9.97 Å². The van der Waals surface area contributed by atoms with Crippen LogP contribution in [0, 0.1) is 0 Å². The van der Waals surface area contributed by atoms with Crippen LogP contribution in [0.1, 0.15) is 16.8 Å². The summed E-state index contributed by atoms with van der Waals surface area (Å²) in [6.07, 6.45) is -2.68. The highest BCUT2D eigenvalue weighted by molar-refractivity contribution is 5.85. The minimum absolute atomic E-state index is 0. The van der Waals surface area contributed by atoms with E-state index in [-0.39, 0.29) is 12.4 Å². The van der Waals surface area contributed by atoms with Crippen LogP contribution >= 0.6 is 12.4 Å². The monoisotopic (exact) mass is 316 g/mol. The van der Waals surface area contributed by atoms with Crippen LogP contribution < -0.4 is 10.6 Å². The van der Waals surface area contributed by atoms with Crippen LogP contribution in [0.3, 0.4) is 0 Å². The van der Waals surface area contributed by atoms with E-state index < -0.39 is 11.7 Å². The number of anilines is 2. The molecule has 0 aliphatic carbocycles. The third-order valence-corrected chi connectivity index (χ3v) is 3.01. The number of nitrogens with one attached hydrogen (secondary N) is 2. The van der Waals surface area contributed by atoms with E-state index in [1.807, 2.05) is 0 Å². The highest BCUT2D eigenvalue weighted by Gasteiger charge is 2.30. The molecule has 0 amide bonds. The van der Waals surface area contributed by atoms with E-state index in [2.05, 4.69) is 20.6 Å². The number of hydrogen-bond acceptors (Lipinski definition) is 4. The number of benzene rings is 1. The minimum Gasteiger partial charge on any atom is -0.324 e. The van der Waals surface area contributed by atoms with E-state index >= 15 is 0 Å². The van der Waals surface area contributed by atoms with Gasteiger partial charge in [-0.25, -0.2) is 9.97 Å². The Hall–Kier alpha value is -1.86. The van der Waals surface area contributed by atoms with Gasteiger partial charge in [-0.1, -0.05) is 6.07 Å². The van der Waals surface area contributed by atoms with Crippen molar-refractivity contribution in [3.05, 3.63) is 47.3 Å². The van der Waals surface area contributed by atoms with E-state index in [1.165, 1.54) is 6.07 Å². The lowest BCUT2D eigenvalue weighted by Crippen LogP contribution is -2.06. The molecule has 2 N–H and O–H groups in total. The molecule has 4 nitrogen and oxygen atoms in total. The maximum absolute atomic E-state index is 12.6. The average Bonchev–Trinajstić information content (AvgIpc) is 2.85. The number of rotatable bonds is 2. The zero-order valence-electron chi connectivity index (χ0n) is 10.7. The van der Waals surface area contributed by atoms with Crippen molar-refractivity contribution in [2.45, 2.75) is 19.3 Å². The Morgan fingerprint density at radius 2 is 2.00 bits per heavy atom. The Morgan fingerprint density at radius 1 is 1.19 bits per heavy atom. The quantitative estimate of drug-likeness (QED) is 0.893. The van der Waals surface area contributed by atoms with Crippen molar-refractivity contribution in [1.82, 2.24) is 15.3 Å². The fourth-order valence-electron chi connectivity index (χ4n) is 2.02. The summed E-state index contributed by atoms with van der Waals surface area (Å²) in [6.45, 7) is 1.37. The number of nitrogens with zero attached hydrogens (tertiary/aromatic N) is 2. The van der Waals surface area contributed by atoms with E-state index in [0.29, 0.717) is 18.2 Å². The van der Waals surface area contributed by atoms with Gasteiger partial charge in [0.1, 0.15) is 0 Å². The third-order valence-electron chi connectivity index (χ3n) is 3.01. The summed E-state index contributed by atoms with van der Waals surface area (Å²) in [5.74, 6) is 0.298. The molecule has 0 unspecified atom stereocenters. The van der Waals surface area contributed by atoms with Gasteiger partial charge in [0.05, 0.1) is 11.3 Å². The SMILES string of the molecule is Cl.FC(F)(F)c1cccc(Nc2ncc3c(n2)CNC3)c1. The van der Waals surface area contributed by atoms with Gasteiger partial charge in [-0.05, 0) is 18.2 Å². The third kappa shape index (κ3) is 3.43. The van der Waals surface area contributed by atoms with Crippen molar-refractivity contribution in [3.8, 4) is 0 Å². The molecule has 0 bridgehead atoms. The minimum atomic E-state index is -4.36. The van der Waals surface area contributed by atoms with Gasteiger partial charge in [0.2, 0.25) is 5.95 Å². The Morgan fingerprint density at radius 3 is 2.76 bits per heavy atom. The molecule has 3 rings (SSSR count). The molecule has 2 heterocycles. The Kier molecular flexibility index (Phi) is 4.34. The normalized spacial score (nSPS) is 13.5. The Balaban J connectivity index is 0.00000161. The van der Waals surface area contributed by atoms with Gasteiger partial charge in [-0.3, -0.25) is 0 Å². The number of fused-ring (bicyclic) bond motifs is 1. The molecule has 112 valence electrons. The summed E-state index contributed by atoms with van der Waals surface area (Å²) < 4.78 is 37.9. The van der Waals surface area contributed by atoms with Crippen LogP contribution in [0.4, 0.5) is 24.8 Å². The molecule has 0 radical (unpaired) electrons. The highest BCUT2D eigenvalue weighted by Crippen LogP contribution is 2.31. The molecular weight excluding hydrogens is 305 g/mol. The van der Waals surface area contributed by atoms with E-state index in [0.717, 1.165) is 29.9 Å². The largest absolute Gasteiger partial charge is 0.416 e. The van der Waals surface area contributed by atoms with Crippen molar-refractivity contribution in [2.24, 2.45) is 0 Å². The number of hydrogen-bond donors (Lipinski definition) is 2. The molecule has 21 heavy (non-hydrogen) atoms. The number of alkyl halides is 3. The predicted octanol–water partition coefficient (Wildman–Crippen LogP) is 3.26. The molecule has 0 fully saturated rings. The molecule has 1 aromatic heterocycles. The van der Waals surface area contributed by atoms with E-state index in [9.17, 15) is 13.2 Å². The first-order valence-corrected chi connectivity index (χ1v) is 6.02. The smallest absolute Gasteiger partial charge is 0.324 e. The van der Waals surface area contributed by atoms with Crippen molar-refractivity contribution < 1.29 is 13.2 Å². The lowest BCUT2D eigenvalue weighted by Gasteiger charge is -2.10. The molecule has 1 aliphatic heterocycles. The maximum atomic E-state index is 12.6. The molecule has 1 aromatic carbocycles. The van der Waals surface area contributed by atoms with Gasteiger partial charge in [-0.2, -0.15) is 13.2 Å². The summed E-state index contributed by atoms with van der Waals surface area (Å²) >= 11 is 0. The maximum Gasteiger partial charge on any atom is 0.416 e. The molecule has 0 atom stereocenters. The number of aromatic nitrogens is 2. The second-order valence-electron chi connectivity index (χ2n) is 4.47. The first-order chi connectivity index (χ1) is 9.52. The summed E-state index contributed by atoms with van der Waals surface area (Å²) in [6, 6.07) is 4.96. The summed E-state index contributed by atoms with van der Waals surface area (Å²) in [4.78, 5) is 8.37. The zero-order chi connectivity index (χ0) is 14.2. The standard InChI is InChI=1S/C13H11F3N4.ClH/c14-13(15,16)9-2-1-3-10(4-9)19-12-18-6-8-5-17-7-11(8)20-12;/h1-4,6,17H,5,7H2,(H,18,19,20);1H. The topological polar surface area (TPSA) is 49.8 Å². The van der Waals surface area contributed by atoms with E-state index in [4.69, 9.17) is 0 Å². The van der Waals surface area contributed by atoms with Gasteiger partial charge in [0.25, 0.3) is 0 Å². The summed E-state index contributed by atoms with van der Waals surface area (Å²) in [5.41, 5.74) is 1.49. The van der Waals surface area contributed by atoms with Crippen LogP contribution in [0.25, 0.3) is 0 Å². The molecule has 0 saturated carbocycles. The molecular formula is C13H12ClF3N4. The van der Waals surface area contributed by atoms with Crippen molar-refractivity contribution in [2.75, 3.05) is 5.32 Å². The van der Waals surface area contributed by atoms with Crippen LogP contribution in [-0.2, 0) is 19.3 Å². The van der Waals surface area contributed by atoms with Crippen LogP contribution in [0.2, 0.25) is 0 Å². The average molecular weight is 317 g/mol. The van der Waals surface area contributed by atoms with Crippen molar-refractivity contribution in [1.29, 1.82) is 0 Å². The van der Waals surface area contributed by atoms with Gasteiger partial charge >= 0.3 is 6.18 Å².